The first kappa shape index (κ1) is 22.5. The molecular formula is C23H27FN2O5. The summed E-state index contributed by atoms with van der Waals surface area (Å²) in [5, 5.41) is 0. The number of pyridine rings is 1. The van der Waals surface area contributed by atoms with E-state index in [1.807, 2.05) is 0 Å². The Morgan fingerprint density at radius 3 is 2.61 bits per heavy atom. The standard InChI is InChI=1S/C23H27FN2O5/c1-4-31-22(28)23(14-16-8-5-6-9-18(16)24)12-7-13-26(15-23)21(27)17-10-11-19(29-2)25-20(17)30-3/h5-6,8-11H,4,7,12-15H2,1-3H3/t23-/m0/s1. The monoisotopic (exact) mass is 430 g/mol. The van der Waals surface area contributed by atoms with Crippen molar-refractivity contribution in [2.45, 2.75) is 26.2 Å². The molecule has 7 nitrogen and oxygen atoms in total. The second-order valence-corrected chi connectivity index (χ2v) is 7.51. The molecule has 0 spiro atoms. The summed E-state index contributed by atoms with van der Waals surface area (Å²) in [4.78, 5) is 32.1. The minimum atomic E-state index is -1.03. The number of hydrogen-bond donors (Lipinski definition) is 0. The topological polar surface area (TPSA) is 78.0 Å². The van der Waals surface area contributed by atoms with Crippen LogP contribution in [0.25, 0.3) is 0 Å². The molecule has 1 fully saturated rings. The number of piperidine rings is 1. The number of carbonyl (C=O) groups excluding carboxylic acids is 2. The van der Waals surface area contributed by atoms with Crippen molar-refractivity contribution in [3.63, 3.8) is 0 Å². The lowest BCUT2D eigenvalue weighted by atomic mass is 9.74. The predicted octanol–water partition coefficient (Wildman–Crippen LogP) is 3.27. The van der Waals surface area contributed by atoms with Crippen molar-refractivity contribution in [3.05, 3.63) is 53.3 Å². The van der Waals surface area contributed by atoms with Gasteiger partial charge >= 0.3 is 5.97 Å². The number of carbonyl (C=O) groups is 2. The lowest BCUT2D eigenvalue weighted by Gasteiger charge is -2.41. The summed E-state index contributed by atoms with van der Waals surface area (Å²) in [7, 11) is 2.90. The second-order valence-electron chi connectivity index (χ2n) is 7.51. The normalized spacial score (nSPS) is 18.4. The summed E-state index contributed by atoms with van der Waals surface area (Å²) >= 11 is 0. The molecule has 1 aromatic heterocycles. The molecule has 1 atom stereocenters. The first-order valence-electron chi connectivity index (χ1n) is 10.2. The fourth-order valence-electron chi connectivity index (χ4n) is 4.00. The Morgan fingerprint density at radius 2 is 1.94 bits per heavy atom. The number of ether oxygens (including phenoxy) is 3. The third-order valence-corrected chi connectivity index (χ3v) is 5.53. The van der Waals surface area contributed by atoms with E-state index in [-0.39, 0.29) is 42.7 Å². The van der Waals surface area contributed by atoms with Crippen LogP contribution in [-0.4, -0.2) is 55.7 Å². The van der Waals surface area contributed by atoms with Crippen LogP contribution >= 0.6 is 0 Å². The highest BCUT2D eigenvalue weighted by Crippen LogP contribution is 2.37. The zero-order valence-electron chi connectivity index (χ0n) is 18.0. The first-order valence-corrected chi connectivity index (χ1v) is 10.2. The van der Waals surface area contributed by atoms with Gasteiger partial charge in [-0.05, 0) is 43.9 Å². The van der Waals surface area contributed by atoms with Crippen LogP contribution in [0.4, 0.5) is 4.39 Å². The van der Waals surface area contributed by atoms with Gasteiger partial charge in [-0.15, -0.1) is 0 Å². The van der Waals surface area contributed by atoms with E-state index in [0.717, 1.165) is 0 Å². The number of rotatable bonds is 7. The van der Waals surface area contributed by atoms with E-state index in [1.54, 1.807) is 42.2 Å². The minimum Gasteiger partial charge on any atom is -0.481 e. The average Bonchev–Trinajstić information content (AvgIpc) is 2.80. The Bertz CT molecular complexity index is 951. The van der Waals surface area contributed by atoms with Crippen LogP contribution in [-0.2, 0) is 16.0 Å². The molecule has 1 saturated heterocycles. The number of likely N-dealkylation sites (tertiary alicyclic amines) is 1. The summed E-state index contributed by atoms with van der Waals surface area (Å²) in [6.45, 7) is 2.52. The second kappa shape index (κ2) is 9.76. The molecule has 31 heavy (non-hydrogen) atoms. The molecule has 0 saturated carbocycles. The SMILES string of the molecule is CCOC(=O)[C@]1(Cc2ccccc2F)CCCN(C(=O)c2ccc(OC)nc2OC)C1. The minimum absolute atomic E-state index is 0.119. The Balaban J connectivity index is 1.92. The zero-order valence-corrected chi connectivity index (χ0v) is 18.0. The van der Waals surface area contributed by atoms with Gasteiger partial charge in [0.2, 0.25) is 11.8 Å². The van der Waals surface area contributed by atoms with E-state index in [2.05, 4.69) is 4.98 Å². The van der Waals surface area contributed by atoms with E-state index >= 15 is 0 Å². The molecule has 1 aromatic carbocycles. The van der Waals surface area contributed by atoms with E-state index in [0.29, 0.717) is 30.8 Å². The highest BCUT2D eigenvalue weighted by molar-refractivity contribution is 5.97. The average molecular weight is 430 g/mol. The van der Waals surface area contributed by atoms with Crippen LogP contribution in [0.2, 0.25) is 0 Å². The quantitative estimate of drug-likeness (QED) is 0.628. The van der Waals surface area contributed by atoms with Crippen molar-refractivity contribution >= 4 is 11.9 Å². The molecule has 0 N–H and O–H groups in total. The summed E-state index contributed by atoms with van der Waals surface area (Å²) in [6.07, 6.45) is 1.24. The maximum absolute atomic E-state index is 14.4. The van der Waals surface area contributed by atoms with Crippen LogP contribution in [0.5, 0.6) is 11.8 Å². The van der Waals surface area contributed by atoms with Gasteiger partial charge in [-0.2, -0.15) is 4.98 Å². The molecule has 2 heterocycles. The summed E-state index contributed by atoms with van der Waals surface area (Å²) < 4.78 is 30.1. The fraction of sp³-hybridized carbons (Fsp3) is 0.435. The third-order valence-electron chi connectivity index (χ3n) is 5.53. The Kier molecular flexibility index (Phi) is 7.09. The maximum Gasteiger partial charge on any atom is 0.314 e. The van der Waals surface area contributed by atoms with Gasteiger partial charge in [-0.3, -0.25) is 9.59 Å². The van der Waals surface area contributed by atoms with Gasteiger partial charge < -0.3 is 19.1 Å². The smallest absolute Gasteiger partial charge is 0.314 e. The van der Waals surface area contributed by atoms with E-state index in [1.165, 1.54) is 20.3 Å². The summed E-state index contributed by atoms with van der Waals surface area (Å²) in [5.74, 6) is -0.640. The van der Waals surface area contributed by atoms with Crippen molar-refractivity contribution in [3.8, 4) is 11.8 Å². The van der Waals surface area contributed by atoms with Crippen molar-refractivity contribution in [1.29, 1.82) is 0 Å². The number of benzene rings is 1. The van der Waals surface area contributed by atoms with E-state index in [4.69, 9.17) is 14.2 Å². The van der Waals surface area contributed by atoms with Gasteiger partial charge in [0.05, 0.1) is 26.2 Å². The third kappa shape index (κ3) is 4.78. The van der Waals surface area contributed by atoms with Crippen molar-refractivity contribution in [2.75, 3.05) is 33.9 Å². The molecule has 1 aliphatic heterocycles. The molecular weight excluding hydrogens is 403 g/mol. The highest BCUT2D eigenvalue weighted by Gasteiger charge is 2.45. The number of amides is 1. The molecule has 3 rings (SSSR count). The lowest BCUT2D eigenvalue weighted by Crippen LogP contribution is -2.51. The summed E-state index contributed by atoms with van der Waals surface area (Å²) in [6, 6.07) is 9.54. The number of aromatic nitrogens is 1. The molecule has 166 valence electrons. The Hall–Kier alpha value is -3.16. The van der Waals surface area contributed by atoms with Gasteiger partial charge in [0.25, 0.3) is 5.91 Å². The molecule has 1 aliphatic rings. The van der Waals surface area contributed by atoms with Crippen LogP contribution in [0.15, 0.2) is 36.4 Å². The molecule has 0 unspecified atom stereocenters. The predicted molar refractivity (Wildman–Crippen MR) is 112 cm³/mol. The molecule has 8 heteroatoms. The fourth-order valence-corrected chi connectivity index (χ4v) is 4.00. The Labute approximate surface area is 181 Å². The van der Waals surface area contributed by atoms with Crippen LogP contribution < -0.4 is 9.47 Å². The van der Waals surface area contributed by atoms with Gasteiger partial charge in [-0.1, -0.05) is 18.2 Å². The molecule has 0 bridgehead atoms. The lowest BCUT2D eigenvalue weighted by molar-refractivity contribution is -0.158. The first-order chi connectivity index (χ1) is 14.9. The zero-order chi connectivity index (χ0) is 22.4. The number of esters is 1. The maximum atomic E-state index is 14.4. The number of methoxy groups -OCH3 is 2. The van der Waals surface area contributed by atoms with Crippen LogP contribution in [0.1, 0.15) is 35.7 Å². The molecule has 2 aromatic rings. The van der Waals surface area contributed by atoms with E-state index < -0.39 is 11.4 Å². The number of hydrogen-bond acceptors (Lipinski definition) is 6. The van der Waals surface area contributed by atoms with Crippen molar-refractivity contribution < 1.29 is 28.2 Å². The number of nitrogens with zero attached hydrogens (tertiary/aromatic N) is 2. The molecule has 0 radical (unpaired) electrons. The van der Waals surface area contributed by atoms with Gasteiger partial charge in [0.15, 0.2) is 0 Å². The van der Waals surface area contributed by atoms with Crippen LogP contribution in [0, 0.1) is 11.2 Å². The van der Waals surface area contributed by atoms with Gasteiger partial charge in [0, 0.05) is 19.2 Å². The van der Waals surface area contributed by atoms with Gasteiger partial charge in [-0.25, -0.2) is 4.39 Å². The van der Waals surface area contributed by atoms with Gasteiger partial charge in [0.1, 0.15) is 11.4 Å². The summed E-state index contributed by atoms with van der Waals surface area (Å²) in [5.41, 5.74) is -0.332. The molecule has 0 aliphatic carbocycles. The largest absolute Gasteiger partial charge is 0.481 e. The Morgan fingerprint density at radius 1 is 1.16 bits per heavy atom. The van der Waals surface area contributed by atoms with Crippen LogP contribution in [0.3, 0.4) is 0 Å². The number of halogens is 1. The van der Waals surface area contributed by atoms with Crippen molar-refractivity contribution in [1.82, 2.24) is 9.88 Å². The van der Waals surface area contributed by atoms with Crippen molar-refractivity contribution in [2.24, 2.45) is 5.41 Å². The molecule has 1 amide bonds. The highest BCUT2D eigenvalue weighted by atomic mass is 19.1. The van der Waals surface area contributed by atoms with E-state index in [9.17, 15) is 14.0 Å².